The van der Waals surface area contributed by atoms with E-state index in [4.69, 9.17) is 16.3 Å². The Kier molecular flexibility index (Phi) is 5.19. The number of esters is 2. The summed E-state index contributed by atoms with van der Waals surface area (Å²) in [6.07, 6.45) is 0. The Balaban J connectivity index is 2.28. The van der Waals surface area contributed by atoms with Crippen LogP contribution in [0, 0.1) is 3.57 Å². The van der Waals surface area contributed by atoms with Crippen LogP contribution in [0.15, 0.2) is 42.5 Å². The van der Waals surface area contributed by atoms with Gasteiger partial charge in [0.15, 0.2) is 0 Å². The summed E-state index contributed by atoms with van der Waals surface area (Å²) in [5.74, 6) is -0.979. The smallest absolute Gasteiger partial charge is 0.343 e. The Labute approximate surface area is 140 Å². The van der Waals surface area contributed by atoms with Gasteiger partial charge < -0.3 is 9.47 Å². The molecule has 0 spiro atoms. The van der Waals surface area contributed by atoms with E-state index in [1.54, 1.807) is 42.5 Å². The van der Waals surface area contributed by atoms with Crippen molar-refractivity contribution >= 4 is 46.1 Å². The second kappa shape index (κ2) is 6.91. The van der Waals surface area contributed by atoms with Crippen LogP contribution in [-0.2, 0) is 4.74 Å². The van der Waals surface area contributed by atoms with E-state index < -0.39 is 11.9 Å². The van der Waals surface area contributed by atoms with E-state index in [0.29, 0.717) is 10.6 Å². The van der Waals surface area contributed by atoms with Gasteiger partial charge in [-0.05, 0) is 65.1 Å². The highest BCUT2D eigenvalue weighted by Gasteiger charge is 2.17. The Bertz CT molecular complexity index is 683. The standard InChI is InChI=1S/C15H10ClIO4/c1-20-15(19)12-8-11(17)6-7-13(12)21-14(18)9-2-4-10(16)5-3-9/h2-8H,1H3. The molecule has 0 atom stereocenters. The highest BCUT2D eigenvalue weighted by atomic mass is 127. The highest BCUT2D eigenvalue weighted by molar-refractivity contribution is 14.1. The molecule has 0 bridgehead atoms. The van der Waals surface area contributed by atoms with E-state index in [9.17, 15) is 9.59 Å². The third-order valence-electron chi connectivity index (χ3n) is 2.63. The number of carbonyl (C=O) groups excluding carboxylic acids is 2. The van der Waals surface area contributed by atoms with Crippen LogP contribution in [0.3, 0.4) is 0 Å². The SMILES string of the molecule is COC(=O)c1cc(I)ccc1OC(=O)c1ccc(Cl)cc1. The van der Waals surface area contributed by atoms with Crippen LogP contribution in [0.5, 0.6) is 5.75 Å². The van der Waals surface area contributed by atoms with Crippen molar-refractivity contribution in [3.05, 3.63) is 62.2 Å². The molecule has 4 nitrogen and oxygen atoms in total. The number of rotatable bonds is 3. The van der Waals surface area contributed by atoms with Gasteiger partial charge in [-0.15, -0.1) is 0 Å². The predicted molar refractivity (Wildman–Crippen MR) is 86.9 cm³/mol. The molecule has 0 amide bonds. The number of carbonyl (C=O) groups is 2. The topological polar surface area (TPSA) is 52.6 Å². The lowest BCUT2D eigenvalue weighted by Crippen LogP contribution is -2.12. The first-order valence-electron chi connectivity index (χ1n) is 5.87. The van der Waals surface area contributed by atoms with Crippen molar-refractivity contribution in [1.29, 1.82) is 0 Å². The van der Waals surface area contributed by atoms with Crippen molar-refractivity contribution in [2.45, 2.75) is 0 Å². The maximum Gasteiger partial charge on any atom is 0.343 e. The van der Waals surface area contributed by atoms with Gasteiger partial charge in [-0.25, -0.2) is 9.59 Å². The molecule has 2 rings (SSSR count). The van der Waals surface area contributed by atoms with Crippen LogP contribution < -0.4 is 4.74 Å². The molecular formula is C15H10ClIO4. The summed E-state index contributed by atoms with van der Waals surface area (Å²) in [6, 6.07) is 11.2. The van der Waals surface area contributed by atoms with Gasteiger partial charge in [-0.1, -0.05) is 11.6 Å². The van der Waals surface area contributed by atoms with Crippen LogP contribution in [0.1, 0.15) is 20.7 Å². The van der Waals surface area contributed by atoms with Gasteiger partial charge >= 0.3 is 11.9 Å². The van der Waals surface area contributed by atoms with Crippen molar-refractivity contribution in [2.24, 2.45) is 0 Å². The first kappa shape index (κ1) is 15.8. The number of benzene rings is 2. The zero-order valence-electron chi connectivity index (χ0n) is 10.9. The number of halogens is 2. The molecule has 0 aliphatic rings. The molecule has 0 aliphatic carbocycles. The molecule has 0 unspecified atom stereocenters. The average Bonchev–Trinajstić information content (AvgIpc) is 2.48. The van der Waals surface area contributed by atoms with Crippen LogP contribution in [0.25, 0.3) is 0 Å². The van der Waals surface area contributed by atoms with E-state index in [2.05, 4.69) is 27.3 Å². The van der Waals surface area contributed by atoms with E-state index >= 15 is 0 Å². The minimum absolute atomic E-state index is 0.155. The first-order chi connectivity index (χ1) is 10.0. The van der Waals surface area contributed by atoms with E-state index in [-0.39, 0.29) is 11.3 Å². The van der Waals surface area contributed by atoms with Gasteiger partial charge in [0.1, 0.15) is 11.3 Å². The fourth-order valence-corrected chi connectivity index (χ4v) is 2.22. The average molecular weight is 417 g/mol. The molecule has 0 fully saturated rings. The van der Waals surface area contributed by atoms with Gasteiger partial charge in [-0.2, -0.15) is 0 Å². The normalized spacial score (nSPS) is 10.0. The fraction of sp³-hybridized carbons (Fsp3) is 0.0667. The molecule has 21 heavy (non-hydrogen) atoms. The molecule has 0 aliphatic heterocycles. The summed E-state index contributed by atoms with van der Waals surface area (Å²) in [5, 5.41) is 0.524. The molecule has 2 aromatic rings. The van der Waals surface area contributed by atoms with Crippen LogP contribution in [-0.4, -0.2) is 19.0 Å². The Morgan fingerprint density at radius 1 is 1.05 bits per heavy atom. The van der Waals surface area contributed by atoms with Crippen molar-refractivity contribution in [1.82, 2.24) is 0 Å². The molecule has 0 saturated carbocycles. The van der Waals surface area contributed by atoms with E-state index in [0.717, 1.165) is 3.57 Å². The van der Waals surface area contributed by atoms with Gasteiger partial charge in [0.2, 0.25) is 0 Å². The second-order valence-electron chi connectivity index (χ2n) is 4.03. The largest absolute Gasteiger partial charge is 0.465 e. The van der Waals surface area contributed by atoms with Gasteiger partial charge in [0.25, 0.3) is 0 Å². The lowest BCUT2D eigenvalue weighted by Gasteiger charge is -2.09. The molecule has 0 saturated heterocycles. The molecule has 0 N–H and O–H groups in total. The summed E-state index contributed by atoms with van der Waals surface area (Å²) in [7, 11) is 1.27. The van der Waals surface area contributed by atoms with Crippen LogP contribution >= 0.6 is 34.2 Å². The molecule has 0 aromatic heterocycles. The molecule has 0 heterocycles. The minimum Gasteiger partial charge on any atom is -0.465 e. The van der Waals surface area contributed by atoms with Crippen LogP contribution in [0.2, 0.25) is 5.02 Å². The number of methoxy groups -OCH3 is 1. The summed E-state index contributed by atoms with van der Waals surface area (Å²) < 4.78 is 10.8. The fourth-order valence-electron chi connectivity index (χ4n) is 1.61. The summed E-state index contributed by atoms with van der Waals surface area (Å²) in [4.78, 5) is 23.8. The van der Waals surface area contributed by atoms with Crippen molar-refractivity contribution < 1.29 is 19.1 Å². The third kappa shape index (κ3) is 3.95. The minimum atomic E-state index is -0.571. The van der Waals surface area contributed by atoms with Gasteiger partial charge in [-0.3, -0.25) is 0 Å². The molecular weight excluding hydrogens is 407 g/mol. The van der Waals surface area contributed by atoms with Gasteiger partial charge in [0, 0.05) is 8.59 Å². The van der Waals surface area contributed by atoms with Crippen molar-refractivity contribution in [3.63, 3.8) is 0 Å². The predicted octanol–water partition coefficient (Wildman–Crippen LogP) is 3.95. The van der Waals surface area contributed by atoms with E-state index in [1.165, 1.54) is 7.11 Å². The summed E-state index contributed by atoms with van der Waals surface area (Å²) >= 11 is 7.82. The first-order valence-corrected chi connectivity index (χ1v) is 7.32. The van der Waals surface area contributed by atoms with Crippen molar-refractivity contribution in [2.75, 3.05) is 7.11 Å². The van der Waals surface area contributed by atoms with Gasteiger partial charge in [0.05, 0.1) is 12.7 Å². The lowest BCUT2D eigenvalue weighted by molar-refractivity contribution is 0.0593. The van der Waals surface area contributed by atoms with E-state index in [1.807, 2.05) is 0 Å². The second-order valence-corrected chi connectivity index (χ2v) is 5.71. The molecule has 2 aromatic carbocycles. The zero-order chi connectivity index (χ0) is 15.4. The quantitative estimate of drug-likeness (QED) is 0.432. The van der Waals surface area contributed by atoms with Crippen molar-refractivity contribution in [3.8, 4) is 5.75 Å². The maximum atomic E-state index is 12.1. The molecule has 108 valence electrons. The Morgan fingerprint density at radius 2 is 1.71 bits per heavy atom. The number of ether oxygens (including phenoxy) is 2. The third-order valence-corrected chi connectivity index (χ3v) is 3.55. The monoisotopic (exact) mass is 416 g/mol. The van der Waals surface area contributed by atoms with Crippen LogP contribution in [0.4, 0.5) is 0 Å². The molecule has 0 radical (unpaired) electrons. The summed E-state index contributed by atoms with van der Waals surface area (Å²) in [5.41, 5.74) is 0.542. The highest BCUT2D eigenvalue weighted by Crippen LogP contribution is 2.23. The summed E-state index contributed by atoms with van der Waals surface area (Å²) in [6.45, 7) is 0. The number of hydrogen-bond acceptors (Lipinski definition) is 4. The lowest BCUT2D eigenvalue weighted by atomic mass is 10.2. The number of hydrogen-bond donors (Lipinski definition) is 0. The Hall–Kier alpha value is -1.60. The maximum absolute atomic E-state index is 12.1. The zero-order valence-corrected chi connectivity index (χ0v) is 13.8. The molecule has 6 heteroatoms. The Morgan fingerprint density at radius 3 is 2.33 bits per heavy atom.